The van der Waals surface area contributed by atoms with Crippen molar-refractivity contribution in [1.82, 2.24) is 9.97 Å². The lowest BCUT2D eigenvalue weighted by Gasteiger charge is -2.08. The van der Waals surface area contributed by atoms with E-state index in [0.717, 1.165) is 12.1 Å². The number of carbonyl (C=O) groups is 1. The van der Waals surface area contributed by atoms with Crippen molar-refractivity contribution in [3.05, 3.63) is 70.7 Å². The van der Waals surface area contributed by atoms with E-state index in [1.165, 1.54) is 6.07 Å². The molecule has 0 atom stereocenters. The van der Waals surface area contributed by atoms with Gasteiger partial charge >= 0.3 is 12.3 Å². The van der Waals surface area contributed by atoms with Crippen LogP contribution in [0.4, 0.5) is 29.6 Å². The molecular formula is C23H14BrF3N4O4. The van der Waals surface area contributed by atoms with Gasteiger partial charge in [0.1, 0.15) is 11.3 Å². The molecule has 1 amide bonds. The second-order valence-corrected chi connectivity index (χ2v) is 8.20. The number of anilines is 2. The van der Waals surface area contributed by atoms with Crippen LogP contribution in [0, 0.1) is 0 Å². The average molecular weight is 547 g/mol. The molecule has 8 nitrogen and oxygen atoms in total. The molecule has 5 rings (SSSR count). The molecule has 0 unspecified atom stereocenters. The van der Waals surface area contributed by atoms with Crippen molar-refractivity contribution in [2.24, 2.45) is 5.73 Å². The number of amides is 1. The van der Waals surface area contributed by atoms with Gasteiger partial charge in [0.2, 0.25) is 5.95 Å². The highest BCUT2D eigenvalue weighted by atomic mass is 79.9. The van der Waals surface area contributed by atoms with Gasteiger partial charge in [-0.1, -0.05) is 12.1 Å². The number of primary amides is 1. The van der Waals surface area contributed by atoms with Crippen molar-refractivity contribution in [3.63, 3.8) is 0 Å². The molecule has 0 aliphatic carbocycles. The molecule has 0 aliphatic rings. The number of carbonyl (C=O) groups excluding carboxylic acids is 1. The topological polar surface area (TPSA) is 115 Å². The number of H-pyrrole nitrogens is 1. The maximum absolute atomic E-state index is 13.1. The zero-order chi connectivity index (χ0) is 24.7. The Labute approximate surface area is 203 Å². The first-order chi connectivity index (χ1) is 16.7. The zero-order valence-electron chi connectivity index (χ0n) is 17.4. The van der Waals surface area contributed by atoms with E-state index >= 15 is 0 Å². The normalized spacial score (nSPS) is 11.7. The first-order valence-electron chi connectivity index (χ1n) is 9.97. The zero-order valence-corrected chi connectivity index (χ0v) is 19.0. The number of aromatic amines is 1. The van der Waals surface area contributed by atoms with E-state index < -0.39 is 17.8 Å². The SMILES string of the molecule is NC(=O)Oc1cc2cccc(Oc3ccc(Nc4nc5c(Br)cc(C(F)(F)F)cc5[nH]4)cc3)c2o1. The van der Waals surface area contributed by atoms with Crippen LogP contribution in [-0.4, -0.2) is 16.1 Å². The van der Waals surface area contributed by atoms with Crippen molar-refractivity contribution in [2.75, 3.05) is 5.32 Å². The van der Waals surface area contributed by atoms with Gasteiger partial charge in [-0.15, -0.1) is 0 Å². The summed E-state index contributed by atoms with van der Waals surface area (Å²) in [5.41, 5.74) is 5.83. The molecule has 0 saturated heterocycles. The highest BCUT2D eigenvalue weighted by Gasteiger charge is 2.31. The summed E-state index contributed by atoms with van der Waals surface area (Å²) >= 11 is 3.15. The van der Waals surface area contributed by atoms with Gasteiger partial charge < -0.3 is 29.9 Å². The molecular weight excluding hydrogens is 533 g/mol. The summed E-state index contributed by atoms with van der Waals surface area (Å²) in [6, 6.07) is 15.5. The van der Waals surface area contributed by atoms with E-state index in [9.17, 15) is 18.0 Å². The molecule has 0 saturated carbocycles. The number of ether oxygens (including phenoxy) is 2. The predicted molar refractivity (Wildman–Crippen MR) is 125 cm³/mol. The Balaban J connectivity index is 1.34. The molecule has 178 valence electrons. The summed E-state index contributed by atoms with van der Waals surface area (Å²) in [5, 5.41) is 3.67. The van der Waals surface area contributed by atoms with Crippen LogP contribution in [0.1, 0.15) is 5.56 Å². The maximum Gasteiger partial charge on any atom is 0.416 e. The van der Waals surface area contributed by atoms with Crippen LogP contribution >= 0.6 is 15.9 Å². The van der Waals surface area contributed by atoms with Crippen LogP contribution in [-0.2, 0) is 6.18 Å². The van der Waals surface area contributed by atoms with Crippen molar-refractivity contribution in [1.29, 1.82) is 0 Å². The van der Waals surface area contributed by atoms with Gasteiger partial charge in [0.15, 0.2) is 11.3 Å². The molecule has 2 heterocycles. The molecule has 3 aromatic carbocycles. The van der Waals surface area contributed by atoms with Gasteiger partial charge in [-0.05, 0) is 58.4 Å². The van der Waals surface area contributed by atoms with Crippen LogP contribution < -0.4 is 20.5 Å². The van der Waals surface area contributed by atoms with E-state index in [2.05, 4.69) is 31.2 Å². The van der Waals surface area contributed by atoms with Crippen molar-refractivity contribution in [2.45, 2.75) is 6.18 Å². The maximum atomic E-state index is 13.1. The fraction of sp³-hybridized carbons (Fsp3) is 0.0435. The summed E-state index contributed by atoms with van der Waals surface area (Å²) in [6.07, 6.45) is -5.46. The van der Waals surface area contributed by atoms with E-state index in [-0.39, 0.29) is 21.9 Å². The minimum Gasteiger partial charge on any atom is -0.453 e. The molecule has 4 N–H and O–H groups in total. The number of alkyl halides is 3. The van der Waals surface area contributed by atoms with E-state index in [1.54, 1.807) is 42.5 Å². The Morgan fingerprint density at radius 1 is 1.11 bits per heavy atom. The monoisotopic (exact) mass is 546 g/mol. The van der Waals surface area contributed by atoms with E-state index in [1.807, 2.05) is 0 Å². The van der Waals surface area contributed by atoms with Gasteiger partial charge in [-0.3, -0.25) is 0 Å². The molecule has 0 fully saturated rings. The molecule has 0 bridgehead atoms. The molecule has 5 aromatic rings. The van der Waals surface area contributed by atoms with Gasteiger partial charge in [0.05, 0.1) is 11.1 Å². The Morgan fingerprint density at radius 2 is 1.89 bits per heavy atom. The number of fused-ring (bicyclic) bond motifs is 2. The number of aromatic nitrogens is 2. The summed E-state index contributed by atoms with van der Waals surface area (Å²) in [5.74, 6) is 1.10. The minimum absolute atomic E-state index is 0.0528. The Hall–Kier alpha value is -4.19. The molecule has 35 heavy (non-hydrogen) atoms. The summed E-state index contributed by atoms with van der Waals surface area (Å²) in [7, 11) is 0. The third kappa shape index (κ3) is 4.73. The molecule has 2 aromatic heterocycles. The highest BCUT2D eigenvalue weighted by Crippen LogP contribution is 2.37. The highest BCUT2D eigenvalue weighted by molar-refractivity contribution is 9.10. The Bertz CT molecular complexity index is 1560. The minimum atomic E-state index is -4.47. The van der Waals surface area contributed by atoms with Gasteiger partial charge in [0, 0.05) is 21.6 Å². The van der Waals surface area contributed by atoms with E-state index in [4.69, 9.17) is 19.6 Å². The number of hydrogen-bond donors (Lipinski definition) is 3. The third-order valence-corrected chi connectivity index (χ3v) is 5.50. The number of halogens is 4. The van der Waals surface area contributed by atoms with Gasteiger partial charge in [-0.2, -0.15) is 13.2 Å². The predicted octanol–water partition coefficient (Wildman–Crippen LogP) is 7.08. The Morgan fingerprint density at radius 3 is 2.60 bits per heavy atom. The number of furan rings is 1. The van der Waals surface area contributed by atoms with Gasteiger partial charge in [-0.25, -0.2) is 9.78 Å². The Kier molecular flexibility index (Phi) is 5.52. The van der Waals surface area contributed by atoms with Crippen molar-refractivity contribution >= 4 is 55.7 Å². The number of para-hydroxylation sites is 1. The third-order valence-electron chi connectivity index (χ3n) is 4.90. The number of nitrogens with one attached hydrogen (secondary N) is 2. The summed E-state index contributed by atoms with van der Waals surface area (Å²) < 4.78 is 55.6. The van der Waals surface area contributed by atoms with Crippen LogP contribution in [0.3, 0.4) is 0 Å². The fourth-order valence-corrected chi connectivity index (χ4v) is 3.96. The fourth-order valence-electron chi connectivity index (χ4n) is 3.41. The van der Waals surface area contributed by atoms with E-state index in [0.29, 0.717) is 33.7 Å². The van der Waals surface area contributed by atoms with Crippen molar-refractivity contribution in [3.8, 4) is 17.4 Å². The quantitative estimate of drug-likeness (QED) is 0.217. The lowest BCUT2D eigenvalue weighted by atomic mass is 10.2. The average Bonchev–Trinajstić information content (AvgIpc) is 3.38. The number of nitrogens with two attached hydrogens (primary N) is 1. The first kappa shape index (κ1) is 22.6. The summed E-state index contributed by atoms with van der Waals surface area (Å²) in [4.78, 5) is 18.1. The second-order valence-electron chi connectivity index (χ2n) is 7.35. The number of nitrogens with zero attached hydrogens (tertiary/aromatic N) is 1. The van der Waals surface area contributed by atoms with Gasteiger partial charge in [0.25, 0.3) is 5.95 Å². The molecule has 0 aliphatic heterocycles. The lowest BCUT2D eigenvalue weighted by Crippen LogP contribution is -2.15. The van der Waals surface area contributed by atoms with Crippen molar-refractivity contribution < 1.29 is 31.9 Å². The standard InChI is InChI=1S/C23H14BrF3N4O4/c24-15-9-12(23(25,26)27)10-16-19(15)31-22(30-16)29-13-4-6-14(7-5-13)33-17-3-1-2-11-8-18(34-20(11)17)35-21(28)32/h1-10H,(H2,28,32)(H2,29,30,31). The number of benzene rings is 3. The largest absolute Gasteiger partial charge is 0.453 e. The second kappa shape index (κ2) is 8.55. The first-order valence-corrected chi connectivity index (χ1v) is 10.8. The van der Waals surface area contributed by atoms with Crippen LogP contribution in [0.2, 0.25) is 0 Å². The summed E-state index contributed by atoms with van der Waals surface area (Å²) in [6.45, 7) is 0. The molecule has 12 heteroatoms. The molecule has 0 spiro atoms. The van der Waals surface area contributed by atoms with Crippen LogP contribution in [0.15, 0.2) is 69.6 Å². The number of imidazole rings is 1. The smallest absolute Gasteiger partial charge is 0.416 e. The van der Waals surface area contributed by atoms with Crippen LogP contribution in [0.25, 0.3) is 22.0 Å². The lowest BCUT2D eigenvalue weighted by molar-refractivity contribution is -0.137. The molecule has 0 radical (unpaired) electrons. The number of rotatable bonds is 5. The van der Waals surface area contributed by atoms with Crippen LogP contribution in [0.5, 0.6) is 17.4 Å². The number of hydrogen-bond acceptors (Lipinski definition) is 6.